The standard InChI is InChI=1S/C50H61N5O7S/c1-36(56)55-43(35-42(52-55)39-33-46(58-3)49(60-5)47(34-39)59-4)37-21-22-44(57-2)45(32-37)62-30-15-9-7-13-24-54-27-25-53(26-28-54)23-12-6-8-14-29-61-40-18-16-17-38(31-40)50-51-41-19-10-11-20-48(41)63-50/h10-11,16-22,31-35H,6-9,12-15,23-30H2,1-5H3. The Kier molecular flexibility index (Phi) is 16.3. The van der Waals surface area contributed by atoms with E-state index in [-0.39, 0.29) is 5.91 Å². The molecule has 0 amide bonds. The number of aromatic nitrogens is 3. The molecule has 4 aromatic carbocycles. The first-order valence-electron chi connectivity index (χ1n) is 22.1. The summed E-state index contributed by atoms with van der Waals surface area (Å²) in [5, 5.41) is 5.69. The van der Waals surface area contributed by atoms with Gasteiger partial charge < -0.3 is 38.2 Å². The summed E-state index contributed by atoms with van der Waals surface area (Å²) >= 11 is 1.72. The maximum absolute atomic E-state index is 12.8. The predicted octanol–water partition coefficient (Wildman–Crippen LogP) is 10.4. The molecular weight excluding hydrogens is 815 g/mol. The fraction of sp³-hybridized carbons (Fsp3) is 0.420. The monoisotopic (exact) mass is 875 g/mol. The van der Waals surface area contributed by atoms with Crippen LogP contribution in [0.4, 0.5) is 0 Å². The van der Waals surface area contributed by atoms with Crippen molar-refractivity contribution in [1.29, 1.82) is 0 Å². The van der Waals surface area contributed by atoms with Gasteiger partial charge in [0, 0.05) is 49.8 Å². The van der Waals surface area contributed by atoms with Crippen LogP contribution in [-0.4, -0.2) is 111 Å². The largest absolute Gasteiger partial charge is 0.494 e. The van der Waals surface area contributed by atoms with Crippen LogP contribution in [0.3, 0.4) is 0 Å². The molecule has 0 N–H and O–H groups in total. The number of hydrogen-bond acceptors (Lipinski definition) is 12. The Balaban J connectivity index is 0.769. The number of para-hydroxylation sites is 1. The van der Waals surface area contributed by atoms with Crippen LogP contribution in [0, 0.1) is 0 Å². The number of ether oxygens (including phenoxy) is 6. The summed E-state index contributed by atoms with van der Waals surface area (Å²) < 4.78 is 37.2. The number of piperazine rings is 1. The smallest absolute Gasteiger partial charge is 0.244 e. The van der Waals surface area contributed by atoms with Gasteiger partial charge in [-0.05, 0) is 99.4 Å². The molecule has 0 spiro atoms. The second kappa shape index (κ2) is 22.6. The summed E-state index contributed by atoms with van der Waals surface area (Å²) in [5.74, 6) is 3.46. The molecule has 7 rings (SSSR count). The fourth-order valence-electron chi connectivity index (χ4n) is 8.05. The van der Waals surface area contributed by atoms with E-state index >= 15 is 0 Å². The predicted molar refractivity (Wildman–Crippen MR) is 251 cm³/mol. The molecule has 3 heterocycles. The molecule has 0 atom stereocenters. The topological polar surface area (TPSA) is 110 Å². The van der Waals surface area contributed by atoms with Crippen molar-refractivity contribution in [1.82, 2.24) is 24.6 Å². The molecular formula is C50H61N5O7S. The minimum atomic E-state index is -0.214. The molecule has 13 heteroatoms. The SMILES string of the molecule is COc1ccc(-c2cc(-c3cc(OC)c(OC)c(OC)c3)nn2C(C)=O)cc1OCCCCCCN1CCN(CCCCCCOc2cccc(-c3nc4ccccc4s3)c2)CC1. The number of carbonyl (C=O) groups is 1. The van der Waals surface area contributed by atoms with Crippen molar-refractivity contribution in [2.24, 2.45) is 0 Å². The van der Waals surface area contributed by atoms with E-state index in [9.17, 15) is 4.79 Å². The number of hydrogen-bond donors (Lipinski definition) is 0. The average molecular weight is 876 g/mol. The van der Waals surface area contributed by atoms with Gasteiger partial charge in [0.25, 0.3) is 0 Å². The van der Waals surface area contributed by atoms with Gasteiger partial charge in [-0.15, -0.1) is 11.3 Å². The third-order valence-corrected chi connectivity index (χ3v) is 12.6. The highest BCUT2D eigenvalue weighted by atomic mass is 32.1. The average Bonchev–Trinajstić information content (AvgIpc) is 3.97. The number of fused-ring (bicyclic) bond motifs is 1. The van der Waals surface area contributed by atoms with E-state index in [2.05, 4.69) is 51.3 Å². The van der Waals surface area contributed by atoms with Crippen molar-refractivity contribution < 1.29 is 33.2 Å². The number of unbranched alkanes of at least 4 members (excludes halogenated alkanes) is 6. The van der Waals surface area contributed by atoms with E-state index < -0.39 is 0 Å². The first-order chi connectivity index (χ1) is 30.9. The molecule has 334 valence electrons. The van der Waals surface area contributed by atoms with Crippen LogP contribution in [0.1, 0.15) is 63.1 Å². The molecule has 0 unspecified atom stereocenters. The van der Waals surface area contributed by atoms with Crippen LogP contribution in [0.15, 0.2) is 84.9 Å². The summed E-state index contributed by atoms with van der Waals surface area (Å²) in [5.41, 5.74) is 4.89. The van der Waals surface area contributed by atoms with Crippen LogP contribution >= 0.6 is 11.3 Å². The van der Waals surface area contributed by atoms with Gasteiger partial charge in [-0.2, -0.15) is 9.78 Å². The zero-order chi connectivity index (χ0) is 44.0. The molecule has 1 aliphatic heterocycles. The zero-order valence-corrected chi connectivity index (χ0v) is 38.2. The first-order valence-corrected chi connectivity index (χ1v) is 22.9. The third kappa shape index (κ3) is 11.9. The van der Waals surface area contributed by atoms with E-state index in [1.807, 2.05) is 48.5 Å². The number of thiazole rings is 1. The second-order valence-electron chi connectivity index (χ2n) is 15.8. The van der Waals surface area contributed by atoms with Crippen LogP contribution in [0.5, 0.6) is 34.5 Å². The Morgan fingerprint density at radius 3 is 1.87 bits per heavy atom. The summed E-state index contributed by atoms with van der Waals surface area (Å²) in [6, 6.07) is 27.8. The maximum Gasteiger partial charge on any atom is 0.244 e. The highest BCUT2D eigenvalue weighted by Gasteiger charge is 2.21. The molecule has 0 bridgehead atoms. The Morgan fingerprint density at radius 2 is 1.24 bits per heavy atom. The summed E-state index contributed by atoms with van der Waals surface area (Å²) in [4.78, 5) is 22.8. The van der Waals surface area contributed by atoms with Gasteiger partial charge >= 0.3 is 0 Å². The van der Waals surface area contributed by atoms with Gasteiger partial charge in [0.2, 0.25) is 11.7 Å². The van der Waals surface area contributed by atoms with Crippen molar-refractivity contribution in [3.8, 4) is 67.6 Å². The number of methoxy groups -OCH3 is 4. The van der Waals surface area contributed by atoms with Gasteiger partial charge in [-0.1, -0.05) is 49.9 Å². The number of nitrogens with zero attached hydrogens (tertiary/aromatic N) is 5. The minimum absolute atomic E-state index is 0.214. The maximum atomic E-state index is 12.8. The van der Waals surface area contributed by atoms with Crippen molar-refractivity contribution in [2.45, 2.75) is 58.3 Å². The molecule has 0 radical (unpaired) electrons. The quantitative estimate of drug-likeness (QED) is 0.0574. The van der Waals surface area contributed by atoms with Crippen LogP contribution in [-0.2, 0) is 0 Å². The fourth-order valence-corrected chi connectivity index (χ4v) is 9.01. The molecule has 63 heavy (non-hydrogen) atoms. The summed E-state index contributed by atoms with van der Waals surface area (Å²) in [6.07, 6.45) is 9.14. The molecule has 1 aliphatic rings. The zero-order valence-electron chi connectivity index (χ0n) is 37.4. The summed E-state index contributed by atoms with van der Waals surface area (Å²) in [7, 11) is 6.33. The van der Waals surface area contributed by atoms with Gasteiger partial charge in [0.05, 0.1) is 63.3 Å². The third-order valence-electron chi connectivity index (χ3n) is 11.5. The first kappa shape index (κ1) is 45.4. The van der Waals surface area contributed by atoms with Crippen molar-refractivity contribution >= 4 is 27.5 Å². The van der Waals surface area contributed by atoms with Crippen LogP contribution in [0.2, 0.25) is 0 Å². The minimum Gasteiger partial charge on any atom is -0.494 e. The summed E-state index contributed by atoms with van der Waals surface area (Å²) in [6.45, 7) is 9.75. The van der Waals surface area contributed by atoms with Crippen LogP contribution in [0.25, 0.3) is 43.3 Å². The molecule has 0 aliphatic carbocycles. The van der Waals surface area contributed by atoms with Crippen molar-refractivity contribution in [2.75, 3.05) is 80.9 Å². The Morgan fingerprint density at radius 1 is 0.603 bits per heavy atom. The molecule has 2 aromatic heterocycles. The Hall–Kier alpha value is -5.63. The Bertz CT molecular complexity index is 2350. The van der Waals surface area contributed by atoms with E-state index in [0.29, 0.717) is 46.7 Å². The molecule has 1 saturated heterocycles. The van der Waals surface area contributed by atoms with E-state index in [4.69, 9.17) is 33.4 Å². The van der Waals surface area contributed by atoms with Gasteiger partial charge in [-0.3, -0.25) is 4.79 Å². The molecule has 1 fully saturated rings. The lowest BCUT2D eigenvalue weighted by Crippen LogP contribution is -2.46. The van der Waals surface area contributed by atoms with Gasteiger partial charge in [0.15, 0.2) is 23.0 Å². The normalized spacial score (nSPS) is 13.3. The lowest BCUT2D eigenvalue weighted by molar-refractivity contribution is 0.0923. The second-order valence-corrected chi connectivity index (χ2v) is 16.9. The van der Waals surface area contributed by atoms with Gasteiger partial charge in [0.1, 0.15) is 10.8 Å². The van der Waals surface area contributed by atoms with E-state index in [1.54, 1.807) is 39.8 Å². The van der Waals surface area contributed by atoms with Crippen molar-refractivity contribution in [3.05, 3.63) is 84.9 Å². The van der Waals surface area contributed by atoms with Crippen LogP contribution < -0.4 is 28.4 Å². The number of benzene rings is 4. The molecule has 12 nitrogen and oxygen atoms in total. The molecule has 6 aromatic rings. The van der Waals surface area contributed by atoms with Gasteiger partial charge in [-0.25, -0.2) is 4.98 Å². The number of rotatable bonds is 23. The highest BCUT2D eigenvalue weighted by Crippen LogP contribution is 2.42. The lowest BCUT2D eigenvalue weighted by atomic mass is 10.1. The van der Waals surface area contributed by atoms with E-state index in [0.717, 1.165) is 91.6 Å². The number of carbonyl (C=O) groups excluding carboxylic acids is 1. The van der Waals surface area contributed by atoms with E-state index in [1.165, 1.54) is 55.0 Å². The Labute approximate surface area is 375 Å². The molecule has 0 saturated carbocycles. The van der Waals surface area contributed by atoms with Crippen molar-refractivity contribution in [3.63, 3.8) is 0 Å². The highest BCUT2D eigenvalue weighted by molar-refractivity contribution is 7.21. The lowest BCUT2D eigenvalue weighted by Gasteiger charge is -2.34.